The summed E-state index contributed by atoms with van der Waals surface area (Å²) in [6, 6.07) is 6.78. The predicted molar refractivity (Wildman–Crippen MR) is 92.7 cm³/mol. The highest BCUT2D eigenvalue weighted by atomic mass is 35.5. The van der Waals surface area contributed by atoms with Gasteiger partial charge in [0.2, 0.25) is 5.91 Å². The summed E-state index contributed by atoms with van der Waals surface area (Å²) in [6.45, 7) is 5.98. The average molecular weight is 349 g/mol. The van der Waals surface area contributed by atoms with Gasteiger partial charge in [-0.05, 0) is 39.0 Å². The number of anilines is 1. The third-order valence-corrected chi connectivity index (χ3v) is 4.74. The van der Waals surface area contributed by atoms with Crippen molar-refractivity contribution in [2.45, 2.75) is 26.3 Å². The fourth-order valence-electron chi connectivity index (χ4n) is 1.93. The first-order valence-electron chi connectivity index (χ1n) is 6.99. The maximum absolute atomic E-state index is 12.1. The van der Waals surface area contributed by atoms with Gasteiger partial charge in [-0.25, -0.2) is 4.98 Å². The molecule has 1 aromatic carbocycles. The van der Waals surface area contributed by atoms with Gasteiger partial charge in [0.1, 0.15) is 11.1 Å². The standard InChI is InChI=1S/C16H17ClN4OS/c1-10-9-23-15(20-10)16(2,3)19-8-14(22)21-13-6-12(17)5-4-11(13)7-18/h4-6,9,19H,8H2,1-3H3,(H,21,22). The number of benzene rings is 1. The van der Waals surface area contributed by atoms with Crippen LogP contribution in [0.2, 0.25) is 5.02 Å². The molecule has 2 aromatic rings. The number of amides is 1. The molecule has 1 aromatic heterocycles. The zero-order valence-electron chi connectivity index (χ0n) is 13.1. The van der Waals surface area contributed by atoms with Crippen molar-refractivity contribution in [1.29, 1.82) is 5.26 Å². The van der Waals surface area contributed by atoms with E-state index in [9.17, 15) is 4.79 Å². The maximum Gasteiger partial charge on any atom is 0.238 e. The van der Waals surface area contributed by atoms with Crippen molar-refractivity contribution in [1.82, 2.24) is 10.3 Å². The van der Waals surface area contributed by atoms with Crippen LogP contribution in [0.25, 0.3) is 0 Å². The number of nitrogens with one attached hydrogen (secondary N) is 2. The first-order chi connectivity index (χ1) is 10.8. The number of halogens is 1. The quantitative estimate of drug-likeness (QED) is 0.867. The third kappa shape index (κ3) is 4.52. The summed E-state index contributed by atoms with van der Waals surface area (Å²) in [6.07, 6.45) is 0. The van der Waals surface area contributed by atoms with Crippen LogP contribution in [0.1, 0.15) is 30.1 Å². The molecule has 0 radical (unpaired) electrons. The summed E-state index contributed by atoms with van der Waals surface area (Å²) in [4.78, 5) is 16.6. The number of hydrogen-bond acceptors (Lipinski definition) is 5. The van der Waals surface area contributed by atoms with Crippen LogP contribution in [0.4, 0.5) is 5.69 Å². The van der Waals surface area contributed by atoms with Gasteiger partial charge < -0.3 is 5.32 Å². The Balaban J connectivity index is 2.01. The smallest absolute Gasteiger partial charge is 0.238 e. The number of aryl methyl sites for hydroxylation is 1. The van der Waals surface area contributed by atoms with Gasteiger partial charge in [0.15, 0.2) is 0 Å². The Morgan fingerprint density at radius 1 is 1.48 bits per heavy atom. The maximum atomic E-state index is 12.1. The summed E-state index contributed by atoms with van der Waals surface area (Å²) in [5.74, 6) is -0.245. The van der Waals surface area contributed by atoms with Crippen LogP contribution in [0.5, 0.6) is 0 Å². The molecule has 0 unspecified atom stereocenters. The second kappa shape index (κ2) is 7.09. The van der Waals surface area contributed by atoms with E-state index in [1.54, 1.807) is 29.5 Å². The predicted octanol–water partition coefficient (Wildman–Crippen LogP) is 3.44. The molecule has 0 spiro atoms. The van der Waals surface area contributed by atoms with E-state index in [0.717, 1.165) is 10.7 Å². The van der Waals surface area contributed by atoms with Gasteiger partial charge in [0.05, 0.1) is 23.3 Å². The first kappa shape index (κ1) is 17.4. The Hall–Kier alpha value is -1.94. The summed E-state index contributed by atoms with van der Waals surface area (Å²) >= 11 is 7.46. The Bertz CT molecular complexity index is 764. The van der Waals surface area contributed by atoms with Crippen LogP contribution in [-0.4, -0.2) is 17.4 Å². The lowest BCUT2D eigenvalue weighted by molar-refractivity contribution is -0.115. The molecule has 0 bridgehead atoms. The number of carbonyl (C=O) groups excluding carboxylic acids is 1. The monoisotopic (exact) mass is 348 g/mol. The number of aromatic nitrogens is 1. The topological polar surface area (TPSA) is 77.8 Å². The van der Waals surface area contributed by atoms with Crippen molar-refractivity contribution in [2.24, 2.45) is 0 Å². The minimum Gasteiger partial charge on any atom is -0.324 e. The van der Waals surface area contributed by atoms with Gasteiger partial charge >= 0.3 is 0 Å². The van der Waals surface area contributed by atoms with E-state index >= 15 is 0 Å². The Kier molecular flexibility index (Phi) is 5.37. The Morgan fingerprint density at radius 2 is 2.22 bits per heavy atom. The van der Waals surface area contributed by atoms with Gasteiger partial charge in [0, 0.05) is 16.1 Å². The molecule has 0 aliphatic heterocycles. The van der Waals surface area contributed by atoms with Crippen LogP contribution < -0.4 is 10.6 Å². The van der Waals surface area contributed by atoms with Crippen molar-refractivity contribution in [3.63, 3.8) is 0 Å². The molecule has 0 aliphatic rings. The van der Waals surface area contributed by atoms with E-state index in [1.807, 2.05) is 32.2 Å². The second-order valence-corrected chi connectivity index (χ2v) is 6.92. The van der Waals surface area contributed by atoms with Crippen LogP contribution >= 0.6 is 22.9 Å². The SMILES string of the molecule is Cc1csc(C(C)(C)NCC(=O)Nc2cc(Cl)ccc2C#N)n1. The fraction of sp³-hybridized carbons (Fsp3) is 0.312. The second-order valence-electron chi connectivity index (χ2n) is 5.62. The van der Waals surface area contributed by atoms with E-state index in [2.05, 4.69) is 15.6 Å². The fourth-order valence-corrected chi connectivity index (χ4v) is 3.00. The molecule has 0 atom stereocenters. The Labute approximate surface area is 144 Å². The Morgan fingerprint density at radius 3 is 2.83 bits per heavy atom. The van der Waals surface area contributed by atoms with Crippen LogP contribution in [-0.2, 0) is 10.3 Å². The zero-order chi connectivity index (χ0) is 17.0. The van der Waals surface area contributed by atoms with Gasteiger partial charge in [-0.1, -0.05) is 11.6 Å². The van der Waals surface area contributed by atoms with Crippen LogP contribution in [0.3, 0.4) is 0 Å². The van der Waals surface area contributed by atoms with Gasteiger partial charge in [-0.15, -0.1) is 11.3 Å². The van der Waals surface area contributed by atoms with Crippen molar-refractivity contribution < 1.29 is 4.79 Å². The molecule has 1 heterocycles. The average Bonchev–Trinajstić information content (AvgIpc) is 2.93. The normalized spacial score (nSPS) is 11.1. The molecule has 0 aliphatic carbocycles. The lowest BCUT2D eigenvalue weighted by Crippen LogP contribution is -2.41. The first-order valence-corrected chi connectivity index (χ1v) is 8.25. The molecule has 0 saturated heterocycles. The number of nitriles is 1. The van der Waals surface area contributed by atoms with E-state index < -0.39 is 5.54 Å². The molecular weight excluding hydrogens is 332 g/mol. The number of thiazole rings is 1. The van der Waals surface area contributed by atoms with E-state index in [0.29, 0.717) is 16.3 Å². The molecule has 7 heteroatoms. The number of rotatable bonds is 5. The molecule has 5 nitrogen and oxygen atoms in total. The molecule has 2 rings (SSSR count). The highest BCUT2D eigenvalue weighted by Gasteiger charge is 2.24. The van der Waals surface area contributed by atoms with Gasteiger partial charge in [-0.3, -0.25) is 10.1 Å². The summed E-state index contributed by atoms with van der Waals surface area (Å²) in [5.41, 5.74) is 1.33. The molecule has 0 saturated carbocycles. The number of nitrogens with zero attached hydrogens (tertiary/aromatic N) is 2. The van der Waals surface area contributed by atoms with Crippen molar-refractivity contribution in [3.8, 4) is 6.07 Å². The zero-order valence-corrected chi connectivity index (χ0v) is 14.7. The number of hydrogen-bond donors (Lipinski definition) is 2. The molecule has 0 fully saturated rings. The molecule has 2 N–H and O–H groups in total. The lowest BCUT2D eigenvalue weighted by atomic mass is 10.1. The molecular formula is C16H17ClN4OS. The summed E-state index contributed by atoms with van der Waals surface area (Å²) in [5, 5.41) is 18.3. The van der Waals surface area contributed by atoms with Crippen molar-refractivity contribution in [2.75, 3.05) is 11.9 Å². The number of carbonyl (C=O) groups is 1. The lowest BCUT2D eigenvalue weighted by Gasteiger charge is -2.23. The summed E-state index contributed by atoms with van der Waals surface area (Å²) < 4.78 is 0. The van der Waals surface area contributed by atoms with Crippen LogP contribution in [0, 0.1) is 18.3 Å². The van der Waals surface area contributed by atoms with Crippen LogP contribution in [0.15, 0.2) is 23.6 Å². The third-order valence-electron chi connectivity index (χ3n) is 3.22. The van der Waals surface area contributed by atoms with Gasteiger partial charge in [-0.2, -0.15) is 5.26 Å². The van der Waals surface area contributed by atoms with E-state index in [1.165, 1.54) is 0 Å². The van der Waals surface area contributed by atoms with Gasteiger partial charge in [0.25, 0.3) is 0 Å². The molecule has 120 valence electrons. The summed E-state index contributed by atoms with van der Waals surface area (Å²) in [7, 11) is 0. The highest BCUT2D eigenvalue weighted by molar-refractivity contribution is 7.09. The van der Waals surface area contributed by atoms with Crippen molar-refractivity contribution in [3.05, 3.63) is 44.9 Å². The minimum atomic E-state index is -0.414. The molecule has 1 amide bonds. The van der Waals surface area contributed by atoms with E-state index in [-0.39, 0.29) is 12.5 Å². The largest absolute Gasteiger partial charge is 0.324 e. The highest BCUT2D eigenvalue weighted by Crippen LogP contribution is 2.24. The van der Waals surface area contributed by atoms with E-state index in [4.69, 9.17) is 16.9 Å². The van der Waals surface area contributed by atoms with Crippen molar-refractivity contribution >= 4 is 34.5 Å². The molecule has 23 heavy (non-hydrogen) atoms. The minimum absolute atomic E-state index is 0.100.